The van der Waals surface area contributed by atoms with E-state index in [1.807, 2.05) is 38.1 Å². The summed E-state index contributed by atoms with van der Waals surface area (Å²) in [5.41, 5.74) is 0.818. The Morgan fingerprint density at radius 1 is 1.08 bits per heavy atom. The Morgan fingerprint density at radius 2 is 1.77 bits per heavy atom. The zero-order chi connectivity index (χ0) is 19.2. The molecular formula is C20H22F3NO2. The lowest BCUT2D eigenvalue weighted by molar-refractivity contribution is -0.137. The topological polar surface area (TPSA) is 38.3 Å². The van der Waals surface area contributed by atoms with Gasteiger partial charge in [0.1, 0.15) is 5.75 Å². The van der Waals surface area contributed by atoms with E-state index in [9.17, 15) is 18.0 Å². The molecule has 0 aliphatic carbocycles. The number of benzene rings is 2. The molecule has 0 bridgehead atoms. The molecule has 0 saturated carbocycles. The third-order valence-corrected chi connectivity index (χ3v) is 3.99. The van der Waals surface area contributed by atoms with Crippen molar-refractivity contribution in [2.24, 2.45) is 0 Å². The molecule has 140 valence electrons. The van der Waals surface area contributed by atoms with Crippen molar-refractivity contribution in [2.45, 2.75) is 45.5 Å². The van der Waals surface area contributed by atoms with Crippen LogP contribution in [0.15, 0.2) is 48.5 Å². The molecular weight excluding hydrogens is 343 g/mol. The van der Waals surface area contributed by atoms with Gasteiger partial charge in [-0.1, -0.05) is 38.1 Å². The van der Waals surface area contributed by atoms with Crippen molar-refractivity contribution in [2.75, 3.05) is 0 Å². The molecule has 0 aliphatic heterocycles. The molecule has 0 aromatic heterocycles. The van der Waals surface area contributed by atoms with Crippen LogP contribution < -0.4 is 10.1 Å². The molecule has 0 saturated heterocycles. The van der Waals surface area contributed by atoms with Gasteiger partial charge in [0.15, 0.2) is 6.10 Å². The summed E-state index contributed by atoms with van der Waals surface area (Å²) in [6, 6.07) is 12.4. The van der Waals surface area contributed by atoms with Crippen LogP contribution in [0.4, 0.5) is 13.2 Å². The van der Waals surface area contributed by atoms with Crippen LogP contribution in [0.25, 0.3) is 0 Å². The van der Waals surface area contributed by atoms with Gasteiger partial charge in [-0.2, -0.15) is 13.2 Å². The van der Waals surface area contributed by atoms with E-state index in [4.69, 9.17) is 4.74 Å². The number of nitrogens with one attached hydrogen (secondary N) is 1. The van der Waals surface area contributed by atoms with E-state index in [2.05, 4.69) is 5.32 Å². The second-order valence-electron chi connectivity index (χ2n) is 5.93. The molecule has 1 N–H and O–H groups in total. The third kappa shape index (κ3) is 5.51. The highest BCUT2D eigenvalue weighted by molar-refractivity contribution is 5.81. The van der Waals surface area contributed by atoms with Gasteiger partial charge in [-0.3, -0.25) is 4.79 Å². The summed E-state index contributed by atoms with van der Waals surface area (Å²) in [5.74, 6) is 0.229. The molecule has 3 nitrogen and oxygen atoms in total. The zero-order valence-corrected chi connectivity index (χ0v) is 14.8. The van der Waals surface area contributed by atoms with Crippen molar-refractivity contribution < 1.29 is 22.7 Å². The molecule has 1 amide bonds. The standard InChI is InChI=1S/C20H22F3NO2/c1-3-14-8-10-17(11-9-14)26-18(4-2)19(25)24-13-15-6-5-7-16(12-15)20(21,22)23/h5-12,18H,3-4,13H2,1-2H3,(H,24,25)/t18-/m0/s1. The lowest BCUT2D eigenvalue weighted by Crippen LogP contribution is -2.37. The van der Waals surface area contributed by atoms with Crippen molar-refractivity contribution in [3.63, 3.8) is 0 Å². The maximum absolute atomic E-state index is 12.7. The molecule has 0 unspecified atom stereocenters. The Balaban J connectivity index is 1.96. The molecule has 6 heteroatoms. The number of alkyl halides is 3. The molecule has 26 heavy (non-hydrogen) atoms. The molecule has 2 aromatic rings. The first kappa shape index (κ1) is 19.8. The summed E-state index contributed by atoms with van der Waals surface area (Å²) in [7, 11) is 0. The third-order valence-electron chi connectivity index (χ3n) is 3.99. The molecule has 0 radical (unpaired) electrons. The Kier molecular flexibility index (Phi) is 6.66. The van der Waals surface area contributed by atoms with Gasteiger partial charge in [0.05, 0.1) is 5.56 Å². The minimum atomic E-state index is -4.40. The Labute approximate surface area is 151 Å². The van der Waals surface area contributed by atoms with E-state index in [1.54, 1.807) is 6.07 Å². The summed E-state index contributed by atoms with van der Waals surface area (Å²) < 4.78 is 43.9. The van der Waals surface area contributed by atoms with Gasteiger partial charge >= 0.3 is 6.18 Å². The summed E-state index contributed by atoms with van der Waals surface area (Å²) in [4.78, 5) is 12.3. The highest BCUT2D eigenvalue weighted by atomic mass is 19.4. The first-order valence-corrected chi connectivity index (χ1v) is 8.53. The van der Waals surface area contributed by atoms with E-state index in [-0.39, 0.29) is 12.5 Å². The first-order chi connectivity index (χ1) is 12.3. The van der Waals surface area contributed by atoms with Gasteiger partial charge in [-0.05, 0) is 48.2 Å². The highest BCUT2D eigenvalue weighted by Crippen LogP contribution is 2.29. The van der Waals surface area contributed by atoms with Crippen LogP contribution in [-0.4, -0.2) is 12.0 Å². The average molecular weight is 365 g/mol. The first-order valence-electron chi connectivity index (χ1n) is 8.53. The summed E-state index contributed by atoms with van der Waals surface area (Å²) in [5, 5.41) is 2.64. The van der Waals surface area contributed by atoms with Gasteiger partial charge in [-0.15, -0.1) is 0 Å². The normalized spacial score (nSPS) is 12.5. The number of rotatable bonds is 7. The number of halogens is 3. The predicted octanol–water partition coefficient (Wildman–Crippen LogP) is 4.74. The summed E-state index contributed by atoms with van der Waals surface area (Å²) in [6.07, 6.45) is -3.74. The van der Waals surface area contributed by atoms with Crippen LogP contribution in [0.2, 0.25) is 0 Å². The molecule has 1 atom stereocenters. The van der Waals surface area contributed by atoms with Gasteiger partial charge in [-0.25, -0.2) is 0 Å². The summed E-state index contributed by atoms with van der Waals surface area (Å²) in [6.45, 7) is 3.87. The van der Waals surface area contributed by atoms with Gasteiger partial charge in [0.2, 0.25) is 0 Å². The number of hydrogen-bond donors (Lipinski definition) is 1. The number of carbonyl (C=O) groups excluding carboxylic acids is 1. The maximum atomic E-state index is 12.7. The van der Waals surface area contributed by atoms with Crippen LogP contribution >= 0.6 is 0 Å². The fourth-order valence-electron chi connectivity index (χ4n) is 2.45. The van der Waals surface area contributed by atoms with Crippen molar-refractivity contribution in [1.29, 1.82) is 0 Å². The Morgan fingerprint density at radius 3 is 2.35 bits per heavy atom. The van der Waals surface area contributed by atoms with Gasteiger partial charge in [0, 0.05) is 6.54 Å². The lowest BCUT2D eigenvalue weighted by Gasteiger charge is -2.18. The highest BCUT2D eigenvalue weighted by Gasteiger charge is 2.30. The Bertz CT molecular complexity index is 727. The van der Waals surface area contributed by atoms with Crippen LogP contribution in [0.5, 0.6) is 5.75 Å². The number of ether oxygens (including phenoxy) is 1. The monoisotopic (exact) mass is 365 g/mol. The largest absolute Gasteiger partial charge is 0.481 e. The molecule has 0 aliphatic rings. The van der Waals surface area contributed by atoms with Crippen molar-refractivity contribution in [3.05, 3.63) is 65.2 Å². The minimum Gasteiger partial charge on any atom is -0.481 e. The van der Waals surface area contributed by atoms with Crippen molar-refractivity contribution in [1.82, 2.24) is 5.32 Å². The molecule has 0 heterocycles. The lowest BCUT2D eigenvalue weighted by atomic mass is 10.1. The average Bonchev–Trinajstić information content (AvgIpc) is 2.64. The number of amides is 1. The molecule has 2 rings (SSSR count). The van der Waals surface area contributed by atoms with Crippen molar-refractivity contribution in [3.8, 4) is 5.75 Å². The van der Waals surface area contributed by atoms with Crippen LogP contribution in [0.1, 0.15) is 37.0 Å². The second-order valence-corrected chi connectivity index (χ2v) is 5.93. The molecule has 0 fully saturated rings. The fourth-order valence-corrected chi connectivity index (χ4v) is 2.45. The minimum absolute atomic E-state index is 0.0113. The van der Waals surface area contributed by atoms with Gasteiger partial charge < -0.3 is 10.1 Å². The smallest absolute Gasteiger partial charge is 0.416 e. The molecule has 0 spiro atoms. The Hall–Kier alpha value is -2.50. The number of carbonyl (C=O) groups is 1. The fraction of sp³-hybridized carbons (Fsp3) is 0.350. The number of aryl methyl sites for hydroxylation is 1. The maximum Gasteiger partial charge on any atom is 0.416 e. The van der Waals surface area contributed by atoms with Gasteiger partial charge in [0.25, 0.3) is 5.91 Å². The van der Waals surface area contributed by atoms with E-state index in [0.717, 1.165) is 18.6 Å². The zero-order valence-electron chi connectivity index (χ0n) is 14.8. The quantitative estimate of drug-likeness (QED) is 0.770. The second kappa shape index (κ2) is 8.74. The van der Waals surface area contributed by atoms with Crippen molar-refractivity contribution >= 4 is 5.91 Å². The van der Waals surface area contributed by atoms with Crippen LogP contribution in [0.3, 0.4) is 0 Å². The van der Waals surface area contributed by atoms with E-state index in [1.165, 1.54) is 11.6 Å². The van der Waals surface area contributed by atoms with Crippen LogP contribution in [-0.2, 0) is 23.9 Å². The molecule has 2 aromatic carbocycles. The van der Waals surface area contributed by atoms with E-state index < -0.39 is 17.8 Å². The number of hydrogen-bond acceptors (Lipinski definition) is 2. The predicted molar refractivity (Wildman–Crippen MR) is 93.8 cm³/mol. The summed E-state index contributed by atoms with van der Waals surface area (Å²) >= 11 is 0. The van der Waals surface area contributed by atoms with E-state index in [0.29, 0.717) is 17.7 Å². The SMILES string of the molecule is CCc1ccc(O[C@@H](CC)C(=O)NCc2cccc(C(F)(F)F)c2)cc1. The van der Waals surface area contributed by atoms with Crippen LogP contribution in [0, 0.1) is 0 Å². The van der Waals surface area contributed by atoms with E-state index >= 15 is 0 Å².